The largest absolute Gasteiger partial charge is 0.355 e. The summed E-state index contributed by atoms with van der Waals surface area (Å²) >= 11 is 6.41. The van der Waals surface area contributed by atoms with Crippen molar-refractivity contribution in [2.75, 3.05) is 17.4 Å². The monoisotopic (exact) mass is 555 g/mol. The van der Waals surface area contributed by atoms with Gasteiger partial charge in [-0.1, -0.05) is 80.0 Å². The summed E-state index contributed by atoms with van der Waals surface area (Å²) in [6, 6.07) is 21.5. The van der Waals surface area contributed by atoms with Gasteiger partial charge < -0.3 is 10.2 Å². The van der Waals surface area contributed by atoms with Crippen molar-refractivity contribution in [3.05, 3.63) is 95.0 Å². The molecule has 0 saturated heterocycles. The molecule has 202 valence electrons. The Labute approximate surface area is 230 Å². The Kier molecular flexibility index (Phi) is 10.3. The van der Waals surface area contributed by atoms with Gasteiger partial charge in [0, 0.05) is 18.1 Å². The number of anilines is 1. The summed E-state index contributed by atoms with van der Waals surface area (Å²) in [5.74, 6) is -0.810. The van der Waals surface area contributed by atoms with E-state index in [4.69, 9.17) is 11.6 Å². The lowest BCUT2D eigenvalue weighted by atomic mass is 10.1. The number of carbonyl (C=O) groups excluding carboxylic acids is 2. The molecule has 0 aliphatic rings. The maximum absolute atomic E-state index is 14.0. The van der Waals surface area contributed by atoms with Gasteiger partial charge in [-0.3, -0.25) is 13.9 Å². The Morgan fingerprint density at radius 2 is 1.47 bits per heavy atom. The zero-order valence-corrected chi connectivity index (χ0v) is 23.5. The molecule has 2 amide bonds. The molecular formula is C29H34ClN3O4S. The third-order valence-electron chi connectivity index (χ3n) is 6.29. The fraction of sp³-hybridized carbons (Fsp3) is 0.310. The topological polar surface area (TPSA) is 86.8 Å². The molecule has 7 nitrogen and oxygen atoms in total. The summed E-state index contributed by atoms with van der Waals surface area (Å²) < 4.78 is 29.0. The minimum atomic E-state index is -4.10. The van der Waals surface area contributed by atoms with E-state index in [1.165, 1.54) is 17.0 Å². The molecule has 0 aliphatic carbocycles. The van der Waals surface area contributed by atoms with Gasteiger partial charge in [0.1, 0.15) is 12.6 Å². The number of sulfonamides is 1. The van der Waals surface area contributed by atoms with E-state index in [9.17, 15) is 18.0 Å². The standard InChI is InChI=1S/C29H34ClN3O4S/c1-4-22-14-11-13-19-27(22)33(38(36,37)24-16-8-7-9-17-24)21-28(34)32(26(5-2)29(35)31-6-3)20-23-15-10-12-18-25(23)30/h7-19,26H,4-6,20-21H2,1-3H3,(H,31,35)/t26-/m0/s1. The number of amides is 2. The second-order valence-electron chi connectivity index (χ2n) is 8.74. The highest BCUT2D eigenvalue weighted by molar-refractivity contribution is 7.92. The molecule has 0 spiro atoms. The van der Waals surface area contributed by atoms with E-state index >= 15 is 0 Å². The molecule has 0 heterocycles. The number of nitrogens with zero attached hydrogens (tertiary/aromatic N) is 2. The third kappa shape index (κ3) is 6.74. The lowest BCUT2D eigenvalue weighted by molar-refractivity contribution is -0.140. The molecule has 0 aromatic heterocycles. The SMILES string of the molecule is CCNC(=O)[C@H](CC)N(Cc1ccccc1Cl)C(=O)CN(c1ccccc1CC)S(=O)(=O)c1ccccc1. The van der Waals surface area contributed by atoms with Crippen molar-refractivity contribution in [3.8, 4) is 0 Å². The molecule has 3 rings (SSSR count). The van der Waals surface area contributed by atoms with E-state index in [1.807, 2.05) is 26.0 Å². The summed E-state index contributed by atoms with van der Waals surface area (Å²) in [6.07, 6.45) is 0.921. The Morgan fingerprint density at radius 3 is 2.08 bits per heavy atom. The van der Waals surface area contributed by atoms with Crippen LogP contribution in [0.15, 0.2) is 83.8 Å². The van der Waals surface area contributed by atoms with Gasteiger partial charge in [0.2, 0.25) is 11.8 Å². The van der Waals surface area contributed by atoms with Crippen LogP contribution in [0.5, 0.6) is 0 Å². The molecule has 1 atom stereocenters. The van der Waals surface area contributed by atoms with Gasteiger partial charge in [-0.2, -0.15) is 0 Å². The van der Waals surface area contributed by atoms with E-state index in [-0.39, 0.29) is 17.3 Å². The predicted octanol–water partition coefficient (Wildman–Crippen LogP) is 5.04. The van der Waals surface area contributed by atoms with Crippen LogP contribution in [0.2, 0.25) is 5.02 Å². The zero-order valence-electron chi connectivity index (χ0n) is 21.9. The highest BCUT2D eigenvalue weighted by atomic mass is 35.5. The van der Waals surface area contributed by atoms with Gasteiger partial charge in [0.25, 0.3) is 10.0 Å². The van der Waals surface area contributed by atoms with Gasteiger partial charge in [0.15, 0.2) is 0 Å². The quantitative estimate of drug-likeness (QED) is 0.339. The van der Waals surface area contributed by atoms with E-state index < -0.39 is 28.5 Å². The lowest BCUT2D eigenvalue weighted by Gasteiger charge is -2.33. The van der Waals surface area contributed by atoms with E-state index in [0.29, 0.717) is 35.7 Å². The summed E-state index contributed by atoms with van der Waals surface area (Å²) in [4.78, 5) is 28.5. The number of aryl methyl sites for hydroxylation is 1. The Bertz CT molecular complexity index is 1350. The number of carbonyl (C=O) groups is 2. The van der Waals surface area contributed by atoms with Crippen molar-refractivity contribution in [3.63, 3.8) is 0 Å². The second-order valence-corrected chi connectivity index (χ2v) is 11.0. The highest BCUT2D eigenvalue weighted by Crippen LogP contribution is 2.28. The first-order valence-corrected chi connectivity index (χ1v) is 14.5. The molecule has 0 saturated carbocycles. The van der Waals surface area contributed by atoms with E-state index in [1.54, 1.807) is 61.5 Å². The van der Waals surface area contributed by atoms with Crippen LogP contribution in [0, 0.1) is 0 Å². The van der Waals surface area contributed by atoms with Crippen molar-refractivity contribution in [2.45, 2.75) is 51.1 Å². The average Bonchev–Trinajstić information content (AvgIpc) is 2.93. The Balaban J connectivity index is 2.10. The predicted molar refractivity (Wildman–Crippen MR) is 152 cm³/mol. The van der Waals surface area contributed by atoms with Gasteiger partial charge >= 0.3 is 0 Å². The number of likely N-dealkylation sites (N-methyl/N-ethyl adjacent to an activating group) is 1. The van der Waals surface area contributed by atoms with Crippen LogP contribution in [-0.2, 0) is 32.6 Å². The maximum Gasteiger partial charge on any atom is 0.264 e. The molecule has 0 radical (unpaired) electrons. The number of hydrogen-bond donors (Lipinski definition) is 1. The minimum Gasteiger partial charge on any atom is -0.355 e. The molecule has 0 unspecified atom stereocenters. The number of benzene rings is 3. The first kappa shape index (κ1) is 29.2. The van der Waals surface area contributed by atoms with Crippen LogP contribution in [0.1, 0.15) is 38.3 Å². The fourth-order valence-electron chi connectivity index (χ4n) is 4.31. The third-order valence-corrected chi connectivity index (χ3v) is 8.43. The number of rotatable bonds is 12. The van der Waals surface area contributed by atoms with Crippen LogP contribution in [-0.4, -0.2) is 44.3 Å². The molecule has 38 heavy (non-hydrogen) atoms. The van der Waals surface area contributed by atoms with Crippen LogP contribution < -0.4 is 9.62 Å². The van der Waals surface area contributed by atoms with Crippen molar-refractivity contribution >= 4 is 39.1 Å². The molecular weight excluding hydrogens is 522 g/mol. The van der Waals surface area contributed by atoms with Gasteiger partial charge in [0.05, 0.1) is 10.6 Å². The second kappa shape index (κ2) is 13.4. The minimum absolute atomic E-state index is 0.0583. The van der Waals surface area contributed by atoms with Crippen molar-refractivity contribution in [1.29, 1.82) is 0 Å². The molecule has 9 heteroatoms. The van der Waals surface area contributed by atoms with Gasteiger partial charge in [-0.25, -0.2) is 8.42 Å². The van der Waals surface area contributed by atoms with Crippen LogP contribution in [0.25, 0.3) is 0 Å². The number of halogens is 1. The number of hydrogen-bond acceptors (Lipinski definition) is 4. The first-order chi connectivity index (χ1) is 18.2. The van der Waals surface area contributed by atoms with Crippen LogP contribution in [0.3, 0.4) is 0 Å². The summed E-state index contributed by atoms with van der Waals surface area (Å²) in [7, 11) is -4.10. The molecule has 3 aromatic carbocycles. The van der Waals surface area contributed by atoms with Crippen molar-refractivity contribution in [1.82, 2.24) is 10.2 Å². The summed E-state index contributed by atoms with van der Waals surface area (Å²) in [5, 5.41) is 3.25. The average molecular weight is 556 g/mol. The van der Waals surface area contributed by atoms with E-state index in [0.717, 1.165) is 9.87 Å². The molecule has 3 aromatic rings. The van der Waals surface area contributed by atoms with Crippen LogP contribution in [0.4, 0.5) is 5.69 Å². The molecule has 0 aliphatic heterocycles. The molecule has 1 N–H and O–H groups in total. The fourth-order valence-corrected chi connectivity index (χ4v) is 5.98. The van der Waals surface area contributed by atoms with E-state index in [2.05, 4.69) is 5.32 Å². The van der Waals surface area contributed by atoms with Crippen molar-refractivity contribution in [2.24, 2.45) is 0 Å². The molecule has 0 fully saturated rings. The lowest BCUT2D eigenvalue weighted by Crippen LogP contribution is -2.52. The number of nitrogens with one attached hydrogen (secondary N) is 1. The van der Waals surface area contributed by atoms with Crippen LogP contribution >= 0.6 is 11.6 Å². The number of para-hydroxylation sites is 1. The first-order valence-electron chi connectivity index (χ1n) is 12.7. The maximum atomic E-state index is 14.0. The van der Waals surface area contributed by atoms with Gasteiger partial charge in [-0.05, 0) is 55.2 Å². The summed E-state index contributed by atoms with van der Waals surface area (Å²) in [6.45, 7) is 5.54. The summed E-state index contributed by atoms with van der Waals surface area (Å²) in [5.41, 5.74) is 1.88. The van der Waals surface area contributed by atoms with Gasteiger partial charge in [-0.15, -0.1) is 0 Å². The Morgan fingerprint density at radius 1 is 0.868 bits per heavy atom. The zero-order chi connectivity index (χ0) is 27.7. The van der Waals surface area contributed by atoms with Crippen molar-refractivity contribution < 1.29 is 18.0 Å². The highest BCUT2D eigenvalue weighted by Gasteiger charge is 2.34. The Hall–Kier alpha value is -3.36. The smallest absolute Gasteiger partial charge is 0.264 e. The molecule has 0 bridgehead atoms. The normalized spacial score (nSPS) is 12.0.